The average Bonchev–Trinajstić information content (AvgIpc) is 2.87. The van der Waals surface area contributed by atoms with Crippen LogP contribution in [0.1, 0.15) is 18.5 Å². The van der Waals surface area contributed by atoms with E-state index in [4.69, 9.17) is 18.9 Å². The number of hydrogen-bond donors (Lipinski definition) is 1. The van der Waals surface area contributed by atoms with Gasteiger partial charge in [0, 0.05) is 32.2 Å². The van der Waals surface area contributed by atoms with Gasteiger partial charge < -0.3 is 29.2 Å². The van der Waals surface area contributed by atoms with E-state index in [1.54, 1.807) is 17.0 Å². The highest BCUT2D eigenvalue weighted by Crippen LogP contribution is 2.33. The van der Waals surface area contributed by atoms with Crippen molar-refractivity contribution in [1.82, 2.24) is 14.5 Å². The first kappa shape index (κ1) is 24.0. The van der Waals surface area contributed by atoms with Crippen LogP contribution in [0.2, 0.25) is 0 Å². The van der Waals surface area contributed by atoms with E-state index in [-0.39, 0.29) is 48.9 Å². The van der Waals surface area contributed by atoms with Gasteiger partial charge in [-0.15, -0.1) is 0 Å². The lowest BCUT2D eigenvalue weighted by Crippen LogP contribution is -2.53. The Morgan fingerprint density at radius 1 is 0.971 bits per heavy atom. The molecule has 2 aliphatic rings. The Morgan fingerprint density at radius 2 is 1.68 bits per heavy atom. The van der Waals surface area contributed by atoms with E-state index in [2.05, 4.69) is 5.32 Å². The number of fused-ring (bicyclic) bond motifs is 1. The van der Waals surface area contributed by atoms with Crippen molar-refractivity contribution in [3.05, 3.63) is 42.0 Å². The molecule has 2 aliphatic heterocycles. The topological polar surface area (TPSA) is 107 Å². The van der Waals surface area contributed by atoms with Gasteiger partial charge in [-0.05, 0) is 36.8 Å². The van der Waals surface area contributed by atoms with Gasteiger partial charge in [0.2, 0.25) is 10.0 Å². The molecule has 2 aromatic rings. The molecule has 2 heterocycles. The van der Waals surface area contributed by atoms with Crippen molar-refractivity contribution in [3.63, 3.8) is 0 Å². The van der Waals surface area contributed by atoms with Gasteiger partial charge in [-0.25, -0.2) is 13.2 Å². The molecule has 0 spiro atoms. The lowest BCUT2D eigenvalue weighted by Gasteiger charge is -2.34. The minimum atomic E-state index is -3.82. The number of rotatable bonds is 6. The van der Waals surface area contributed by atoms with Crippen LogP contribution < -0.4 is 24.3 Å². The predicted octanol–water partition coefficient (Wildman–Crippen LogP) is 2.25. The molecule has 0 saturated carbocycles. The summed E-state index contributed by atoms with van der Waals surface area (Å²) in [5, 5.41) is 2.98. The lowest BCUT2D eigenvalue weighted by atomic mass is 10.1. The molecular formula is C23H29N3O7S. The van der Waals surface area contributed by atoms with E-state index in [0.29, 0.717) is 30.5 Å². The van der Waals surface area contributed by atoms with Crippen molar-refractivity contribution < 1.29 is 32.2 Å². The van der Waals surface area contributed by atoms with Crippen molar-refractivity contribution in [1.29, 1.82) is 0 Å². The van der Waals surface area contributed by atoms with E-state index >= 15 is 0 Å². The molecule has 0 radical (unpaired) electrons. The zero-order valence-electron chi connectivity index (χ0n) is 19.4. The van der Waals surface area contributed by atoms with Crippen LogP contribution in [0.15, 0.2) is 41.3 Å². The number of amides is 2. The zero-order chi connectivity index (χ0) is 24.3. The van der Waals surface area contributed by atoms with Gasteiger partial charge in [-0.1, -0.05) is 6.07 Å². The van der Waals surface area contributed by atoms with Crippen molar-refractivity contribution in [2.45, 2.75) is 17.9 Å². The molecule has 0 aromatic heterocycles. The Kier molecular flexibility index (Phi) is 7.03. The number of methoxy groups -OCH3 is 2. The fourth-order valence-corrected chi connectivity index (χ4v) is 5.54. The van der Waals surface area contributed by atoms with Crippen molar-refractivity contribution >= 4 is 16.1 Å². The van der Waals surface area contributed by atoms with Gasteiger partial charge in [-0.3, -0.25) is 0 Å². The Labute approximate surface area is 199 Å². The number of benzene rings is 2. The second kappa shape index (κ2) is 9.98. The maximum absolute atomic E-state index is 13.2. The van der Waals surface area contributed by atoms with Crippen molar-refractivity contribution in [2.24, 2.45) is 0 Å². The van der Waals surface area contributed by atoms with Crippen LogP contribution in [0.4, 0.5) is 4.79 Å². The molecule has 1 atom stereocenters. The summed E-state index contributed by atoms with van der Waals surface area (Å²) >= 11 is 0. The van der Waals surface area contributed by atoms with Crippen LogP contribution in [0, 0.1) is 0 Å². The van der Waals surface area contributed by atoms with Gasteiger partial charge in [0.05, 0.1) is 20.3 Å². The summed E-state index contributed by atoms with van der Waals surface area (Å²) in [5.74, 6) is 2.02. The fraction of sp³-hybridized carbons (Fsp3) is 0.435. The quantitative estimate of drug-likeness (QED) is 0.661. The Morgan fingerprint density at radius 3 is 2.35 bits per heavy atom. The summed E-state index contributed by atoms with van der Waals surface area (Å²) < 4.78 is 49.4. The molecule has 1 fully saturated rings. The van der Waals surface area contributed by atoms with Crippen LogP contribution >= 0.6 is 0 Å². The van der Waals surface area contributed by atoms with Crippen LogP contribution in [-0.4, -0.2) is 77.3 Å². The van der Waals surface area contributed by atoms with Gasteiger partial charge in [-0.2, -0.15) is 4.31 Å². The maximum atomic E-state index is 13.2. The molecule has 184 valence electrons. The minimum absolute atomic E-state index is 0.0412. The fourth-order valence-electron chi connectivity index (χ4n) is 3.95. The lowest BCUT2D eigenvalue weighted by molar-refractivity contribution is 0.168. The predicted molar refractivity (Wildman–Crippen MR) is 124 cm³/mol. The molecule has 2 amide bonds. The van der Waals surface area contributed by atoms with E-state index in [1.165, 1.54) is 24.6 Å². The smallest absolute Gasteiger partial charge is 0.317 e. The van der Waals surface area contributed by atoms with Crippen LogP contribution in [0.3, 0.4) is 0 Å². The van der Waals surface area contributed by atoms with E-state index < -0.39 is 10.0 Å². The molecule has 0 aliphatic carbocycles. The molecule has 34 heavy (non-hydrogen) atoms. The first-order chi connectivity index (χ1) is 16.3. The number of ether oxygens (including phenoxy) is 4. The molecule has 10 nitrogen and oxygen atoms in total. The Balaban J connectivity index is 1.38. The summed E-state index contributed by atoms with van der Waals surface area (Å²) in [5.41, 5.74) is 0.893. The second-order valence-electron chi connectivity index (χ2n) is 7.98. The van der Waals surface area contributed by atoms with Crippen LogP contribution in [-0.2, 0) is 10.0 Å². The SMILES string of the molecule is COc1ccc(OC)c(S(=O)(=O)N2CCN(C(=O)N[C@@H](C)c3ccc4c(c3)OCCO4)CC2)c1. The van der Waals surface area contributed by atoms with Crippen molar-refractivity contribution in [3.8, 4) is 23.0 Å². The molecular weight excluding hydrogens is 462 g/mol. The summed E-state index contributed by atoms with van der Waals surface area (Å²) in [6.45, 7) is 3.79. The highest BCUT2D eigenvalue weighted by molar-refractivity contribution is 7.89. The molecule has 0 bridgehead atoms. The van der Waals surface area contributed by atoms with Crippen LogP contribution in [0.5, 0.6) is 23.0 Å². The monoisotopic (exact) mass is 491 g/mol. The van der Waals surface area contributed by atoms with E-state index in [9.17, 15) is 13.2 Å². The second-order valence-corrected chi connectivity index (χ2v) is 9.89. The highest BCUT2D eigenvalue weighted by atomic mass is 32.2. The summed E-state index contributed by atoms with van der Waals surface area (Å²) in [6, 6.07) is 9.74. The molecule has 4 rings (SSSR count). The molecule has 11 heteroatoms. The third kappa shape index (κ3) is 4.85. The molecule has 2 aromatic carbocycles. The molecule has 1 N–H and O–H groups in total. The van der Waals surface area contributed by atoms with E-state index in [1.807, 2.05) is 25.1 Å². The Bertz CT molecular complexity index is 1150. The number of piperazine rings is 1. The van der Waals surface area contributed by atoms with Crippen LogP contribution in [0.25, 0.3) is 0 Å². The van der Waals surface area contributed by atoms with E-state index in [0.717, 1.165) is 5.56 Å². The third-order valence-corrected chi connectivity index (χ3v) is 7.84. The number of sulfonamides is 1. The van der Waals surface area contributed by atoms with Gasteiger partial charge in [0.25, 0.3) is 0 Å². The number of urea groups is 1. The van der Waals surface area contributed by atoms with Gasteiger partial charge >= 0.3 is 6.03 Å². The van der Waals surface area contributed by atoms with Crippen molar-refractivity contribution in [2.75, 3.05) is 53.6 Å². The Hall–Kier alpha value is -3.18. The summed E-state index contributed by atoms with van der Waals surface area (Å²) in [6.07, 6.45) is 0. The largest absolute Gasteiger partial charge is 0.497 e. The summed E-state index contributed by atoms with van der Waals surface area (Å²) in [4.78, 5) is 14.5. The van der Waals surface area contributed by atoms with Gasteiger partial charge in [0.1, 0.15) is 29.6 Å². The van der Waals surface area contributed by atoms with Gasteiger partial charge in [0.15, 0.2) is 11.5 Å². The number of carbonyl (C=O) groups is 1. The third-order valence-electron chi connectivity index (χ3n) is 5.92. The number of carbonyl (C=O) groups excluding carboxylic acids is 1. The standard InChI is InChI=1S/C23H29N3O7S/c1-16(17-4-6-19-21(14-17)33-13-12-32-19)24-23(27)25-8-10-26(11-9-25)34(28,29)22-15-18(30-2)5-7-20(22)31-3/h4-7,14-16H,8-13H2,1-3H3,(H,24,27)/t16-/m0/s1. The minimum Gasteiger partial charge on any atom is -0.497 e. The zero-order valence-corrected chi connectivity index (χ0v) is 20.3. The number of nitrogens with one attached hydrogen (secondary N) is 1. The first-order valence-electron chi connectivity index (χ1n) is 11.0. The normalized spacial score (nSPS) is 17.1. The number of nitrogens with zero attached hydrogens (tertiary/aromatic N) is 2. The molecule has 0 unspecified atom stereocenters. The number of hydrogen-bond acceptors (Lipinski definition) is 7. The maximum Gasteiger partial charge on any atom is 0.317 e. The average molecular weight is 492 g/mol. The summed E-state index contributed by atoms with van der Waals surface area (Å²) in [7, 11) is -0.921. The first-order valence-corrected chi connectivity index (χ1v) is 12.4. The highest BCUT2D eigenvalue weighted by Gasteiger charge is 2.33. The molecule has 1 saturated heterocycles.